The Balaban J connectivity index is 1.34. The van der Waals surface area contributed by atoms with Gasteiger partial charge in [0.1, 0.15) is 17.8 Å². The van der Waals surface area contributed by atoms with E-state index in [4.69, 9.17) is 23.1 Å². The Labute approximate surface area is 331 Å². The Morgan fingerprint density at radius 2 is 0.982 bits per heavy atom. The maximum absolute atomic E-state index is 14.1. The highest BCUT2D eigenvalue weighted by molar-refractivity contribution is 7.86. The first kappa shape index (κ1) is 39.3. The van der Waals surface area contributed by atoms with Gasteiger partial charge in [-0.3, -0.25) is 4.18 Å². The van der Waals surface area contributed by atoms with Crippen LogP contribution in [0.3, 0.4) is 0 Å². The summed E-state index contributed by atoms with van der Waals surface area (Å²) in [5.74, 6) is -1.77. The van der Waals surface area contributed by atoms with E-state index >= 15 is 0 Å². The minimum atomic E-state index is -4.62. The van der Waals surface area contributed by atoms with Crippen LogP contribution in [0.25, 0.3) is 0 Å². The van der Waals surface area contributed by atoms with Crippen LogP contribution in [0, 0.1) is 6.92 Å². The van der Waals surface area contributed by atoms with Gasteiger partial charge in [-0.05, 0) is 60.0 Å². The second-order valence-electron chi connectivity index (χ2n) is 13.5. The normalized spacial score (nSPS) is 19.6. The molecule has 1 saturated heterocycles. The molecule has 1 aliphatic heterocycles. The van der Waals surface area contributed by atoms with E-state index in [1.165, 1.54) is 36.4 Å². The van der Waals surface area contributed by atoms with E-state index < -0.39 is 65.0 Å². The first-order valence-corrected chi connectivity index (χ1v) is 19.7. The molecule has 57 heavy (non-hydrogen) atoms. The van der Waals surface area contributed by atoms with Crippen molar-refractivity contribution in [2.45, 2.75) is 48.1 Å². The molecule has 7 rings (SSSR count). The highest BCUT2D eigenvalue weighted by atomic mass is 32.2. The average molecular weight is 785 g/mol. The molecule has 0 saturated carbocycles. The van der Waals surface area contributed by atoms with Gasteiger partial charge in [0.05, 0.1) is 22.6 Å². The number of rotatable bonds is 13. The molecule has 0 amide bonds. The monoisotopic (exact) mass is 784 g/mol. The summed E-state index contributed by atoms with van der Waals surface area (Å²) in [4.78, 5) is 27.1. The number of ether oxygens (including phenoxy) is 4. The maximum atomic E-state index is 14.1. The lowest BCUT2D eigenvalue weighted by Crippen LogP contribution is -2.62. The molecule has 0 aliphatic carbocycles. The van der Waals surface area contributed by atoms with E-state index in [0.717, 1.165) is 22.3 Å². The van der Waals surface area contributed by atoms with Crippen molar-refractivity contribution in [2.24, 2.45) is 0 Å². The molecule has 5 atom stereocenters. The molecular formula is C46H40O10S. The number of hydrogen-bond donors (Lipinski definition) is 1. The standard InChI is InChI=1S/C46H40O10S/c1-32-27-29-38(30-28-32)57(50,51)56-40-39(31-52-46(35-21-11-4-12-22-35,36-23-13-5-14-24-36)37-25-15-6-16-26-37)53-45(49)42(55-44(48)34-19-9-3-10-20-34)41(40)54-43(47)33-17-7-2-8-18-33/h2-30,39-42,45,49H,31H2,1H3/t39-,40-,41-,42-,45+/m1/s1. The van der Waals surface area contributed by atoms with E-state index in [-0.39, 0.29) is 16.0 Å². The van der Waals surface area contributed by atoms with Crippen molar-refractivity contribution in [3.05, 3.63) is 209 Å². The van der Waals surface area contributed by atoms with Crippen molar-refractivity contribution in [2.75, 3.05) is 6.61 Å². The number of carbonyl (C=O) groups is 2. The van der Waals surface area contributed by atoms with E-state index in [9.17, 15) is 23.1 Å². The van der Waals surface area contributed by atoms with E-state index in [2.05, 4.69) is 0 Å². The lowest BCUT2D eigenvalue weighted by atomic mass is 9.80. The SMILES string of the molecule is Cc1ccc(S(=O)(=O)O[C@H]2[C@@H](OC(=O)c3ccccc3)[C@@H](OC(=O)c3ccccc3)[C@@H](O)O[C@@H]2COC(c2ccccc2)(c2ccccc2)c2ccccc2)cc1. The van der Waals surface area contributed by atoms with Crippen molar-refractivity contribution in [3.63, 3.8) is 0 Å². The fourth-order valence-electron chi connectivity index (χ4n) is 6.82. The van der Waals surface area contributed by atoms with E-state index in [1.54, 1.807) is 48.5 Å². The molecule has 1 heterocycles. The number of aliphatic hydroxyl groups is 1. The predicted octanol–water partition coefficient (Wildman–Crippen LogP) is 7.25. The van der Waals surface area contributed by atoms with Gasteiger partial charge < -0.3 is 24.1 Å². The highest BCUT2D eigenvalue weighted by Crippen LogP contribution is 2.42. The van der Waals surface area contributed by atoms with Crippen LogP contribution in [0.4, 0.5) is 0 Å². The molecule has 6 aromatic carbocycles. The lowest BCUT2D eigenvalue weighted by molar-refractivity contribution is -0.285. The summed E-state index contributed by atoms with van der Waals surface area (Å²) in [6, 6.07) is 50.4. The Bertz CT molecular complexity index is 2250. The molecule has 0 spiro atoms. The Morgan fingerprint density at radius 3 is 1.42 bits per heavy atom. The number of benzene rings is 6. The quantitative estimate of drug-likeness (QED) is 0.0726. The third-order valence-corrected chi connectivity index (χ3v) is 11.0. The van der Waals surface area contributed by atoms with Gasteiger partial charge in [-0.25, -0.2) is 9.59 Å². The first-order valence-electron chi connectivity index (χ1n) is 18.3. The molecule has 290 valence electrons. The molecule has 0 radical (unpaired) electrons. The largest absolute Gasteiger partial charge is 0.452 e. The Kier molecular flexibility index (Phi) is 12.0. The fourth-order valence-corrected chi connectivity index (χ4v) is 7.93. The Hall–Kier alpha value is -5.95. The van der Waals surface area contributed by atoms with Gasteiger partial charge >= 0.3 is 11.9 Å². The van der Waals surface area contributed by atoms with Crippen LogP contribution in [0.5, 0.6) is 0 Å². The van der Waals surface area contributed by atoms with Gasteiger partial charge in [0, 0.05) is 0 Å². The molecule has 1 N–H and O–H groups in total. The van der Waals surface area contributed by atoms with Gasteiger partial charge in [0.15, 0.2) is 18.5 Å². The number of hydrogen-bond acceptors (Lipinski definition) is 10. The summed E-state index contributed by atoms with van der Waals surface area (Å²) in [7, 11) is -4.62. The highest BCUT2D eigenvalue weighted by Gasteiger charge is 2.53. The number of carbonyl (C=O) groups excluding carboxylic acids is 2. The molecule has 0 aromatic heterocycles. The van der Waals surface area contributed by atoms with Crippen molar-refractivity contribution < 1.29 is 46.2 Å². The topological polar surface area (TPSA) is 135 Å². The smallest absolute Gasteiger partial charge is 0.338 e. The van der Waals surface area contributed by atoms with Crippen LogP contribution in [0.1, 0.15) is 43.0 Å². The van der Waals surface area contributed by atoms with Gasteiger partial charge in [-0.1, -0.05) is 145 Å². The summed E-state index contributed by atoms with van der Waals surface area (Å²) in [5, 5.41) is 11.7. The zero-order valence-electron chi connectivity index (χ0n) is 30.9. The molecule has 10 nitrogen and oxygen atoms in total. The van der Waals surface area contributed by atoms with Crippen molar-refractivity contribution in [1.82, 2.24) is 0 Å². The summed E-state index contributed by atoms with van der Waals surface area (Å²) in [6.07, 6.45) is -8.57. The van der Waals surface area contributed by atoms with Crippen LogP contribution in [-0.2, 0) is 38.8 Å². The van der Waals surface area contributed by atoms with Crippen LogP contribution in [0.15, 0.2) is 181 Å². The van der Waals surface area contributed by atoms with Gasteiger partial charge in [-0.15, -0.1) is 0 Å². The maximum Gasteiger partial charge on any atom is 0.338 e. The summed E-state index contributed by atoms with van der Waals surface area (Å²) in [6.45, 7) is 1.40. The molecule has 0 unspecified atom stereocenters. The fraction of sp³-hybridized carbons (Fsp3) is 0.174. The van der Waals surface area contributed by atoms with Gasteiger partial charge in [0.2, 0.25) is 0 Å². The van der Waals surface area contributed by atoms with Crippen LogP contribution in [0.2, 0.25) is 0 Å². The van der Waals surface area contributed by atoms with E-state index in [1.807, 2.05) is 97.9 Å². The van der Waals surface area contributed by atoms with Crippen molar-refractivity contribution in [3.8, 4) is 0 Å². The average Bonchev–Trinajstić information content (AvgIpc) is 3.25. The molecule has 0 bridgehead atoms. The minimum absolute atomic E-state index is 0.121. The minimum Gasteiger partial charge on any atom is -0.452 e. The summed E-state index contributed by atoms with van der Waals surface area (Å²) >= 11 is 0. The van der Waals surface area contributed by atoms with Crippen molar-refractivity contribution in [1.29, 1.82) is 0 Å². The number of aryl methyl sites for hydroxylation is 1. The number of aliphatic hydroxyl groups excluding tert-OH is 1. The van der Waals surface area contributed by atoms with Gasteiger partial charge in [-0.2, -0.15) is 8.42 Å². The van der Waals surface area contributed by atoms with Crippen molar-refractivity contribution >= 4 is 22.1 Å². The summed E-state index contributed by atoms with van der Waals surface area (Å²) < 4.78 is 59.2. The third-order valence-electron chi connectivity index (χ3n) is 9.67. The number of esters is 2. The zero-order chi connectivity index (χ0) is 39.8. The molecular weight excluding hydrogens is 745 g/mol. The predicted molar refractivity (Wildman–Crippen MR) is 211 cm³/mol. The van der Waals surface area contributed by atoms with Gasteiger partial charge in [0.25, 0.3) is 10.1 Å². The van der Waals surface area contributed by atoms with Crippen LogP contribution in [-0.4, -0.2) is 62.8 Å². The van der Waals surface area contributed by atoms with Crippen LogP contribution < -0.4 is 0 Å². The molecule has 11 heteroatoms. The first-order chi connectivity index (χ1) is 27.7. The second kappa shape index (κ2) is 17.5. The summed E-state index contributed by atoms with van der Waals surface area (Å²) in [5.41, 5.74) is 1.99. The third kappa shape index (κ3) is 8.73. The molecule has 1 aliphatic rings. The van der Waals surface area contributed by atoms with Crippen LogP contribution >= 0.6 is 0 Å². The van der Waals surface area contributed by atoms with E-state index in [0.29, 0.717) is 0 Å². The second-order valence-corrected chi connectivity index (χ2v) is 15.0. The molecule has 1 fully saturated rings. The molecule has 6 aromatic rings. The Morgan fingerprint density at radius 1 is 0.579 bits per heavy atom. The lowest BCUT2D eigenvalue weighted by Gasteiger charge is -2.44. The zero-order valence-corrected chi connectivity index (χ0v) is 31.7.